The van der Waals surface area contributed by atoms with E-state index in [1.165, 1.54) is 0 Å². The van der Waals surface area contributed by atoms with Gasteiger partial charge in [-0.05, 0) is 30.8 Å². The van der Waals surface area contributed by atoms with Gasteiger partial charge in [-0.1, -0.05) is 22.9 Å². The van der Waals surface area contributed by atoms with E-state index in [0.717, 1.165) is 17.6 Å². The molecular formula is C11H15BrN2O. The van der Waals surface area contributed by atoms with Crippen molar-refractivity contribution in [1.82, 2.24) is 10.6 Å². The fraction of sp³-hybridized carbons (Fsp3) is 0.364. The maximum Gasteiger partial charge on any atom is 0.251 e. The summed E-state index contributed by atoms with van der Waals surface area (Å²) in [6, 6.07) is 7.32. The van der Waals surface area contributed by atoms with Gasteiger partial charge in [0.25, 0.3) is 5.91 Å². The smallest absolute Gasteiger partial charge is 0.251 e. The molecule has 0 aliphatic rings. The van der Waals surface area contributed by atoms with Gasteiger partial charge in [-0.3, -0.25) is 4.79 Å². The third-order valence-electron chi connectivity index (χ3n) is 1.94. The van der Waals surface area contributed by atoms with Crippen molar-refractivity contribution in [2.75, 3.05) is 19.6 Å². The molecule has 15 heavy (non-hydrogen) atoms. The summed E-state index contributed by atoms with van der Waals surface area (Å²) in [6.07, 6.45) is 0. The minimum Gasteiger partial charge on any atom is -0.351 e. The van der Waals surface area contributed by atoms with Crippen LogP contribution in [-0.2, 0) is 0 Å². The quantitative estimate of drug-likeness (QED) is 0.802. The molecule has 0 unspecified atom stereocenters. The normalized spacial score (nSPS) is 10.0. The Kier molecular flexibility index (Phi) is 5.36. The van der Waals surface area contributed by atoms with Gasteiger partial charge in [0.05, 0.1) is 0 Å². The molecule has 0 aromatic heterocycles. The predicted octanol–water partition coefficient (Wildman–Crippen LogP) is 1.79. The van der Waals surface area contributed by atoms with Crippen LogP contribution in [0.2, 0.25) is 0 Å². The molecule has 0 radical (unpaired) electrons. The van der Waals surface area contributed by atoms with Gasteiger partial charge in [0.1, 0.15) is 0 Å². The van der Waals surface area contributed by atoms with Gasteiger partial charge < -0.3 is 10.6 Å². The van der Waals surface area contributed by atoms with Crippen molar-refractivity contribution in [3.63, 3.8) is 0 Å². The van der Waals surface area contributed by atoms with E-state index in [1.807, 2.05) is 19.1 Å². The molecule has 1 rings (SSSR count). The lowest BCUT2D eigenvalue weighted by molar-refractivity contribution is 0.0954. The predicted molar refractivity (Wildman–Crippen MR) is 65.0 cm³/mol. The summed E-state index contributed by atoms with van der Waals surface area (Å²) in [4.78, 5) is 11.6. The summed E-state index contributed by atoms with van der Waals surface area (Å²) >= 11 is 3.33. The number of benzene rings is 1. The van der Waals surface area contributed by atoms with Crippen molar-refractivity contribution >= 4 is 21.8 Å². The van der Waals surface area contributed by atoms with E-state index in [9.17, 15) is 4.79 Å². The van der Waals surface area contributed by atoms with Crippen LogP contribution < -0.4 is 10.6 Å². The van der Waals surface area contributed by atoms with Gasteiger partial charge >= 0.3 is 0 Å². The average Bonchev–Trinajstić information content (AvgIpc) is 2.25. The molecule has 0 fully saturated rings. The standard InChI is InChI=1S/C11H15BrN2O/c1-2-13-7-8-14-11(15)9-3-5-10(12)6-4-9/h3-6,13H,2,7-8H2,1H3,(H,14,15). The Hall–Kier alpha value is -0.870. The van der Waals surface area contributed by atoms with Crippen LogP contribution >= 0.6 is 15.9 Å². The molecule has 0 saturated carbocycles. The first-order chi connectivity index (χ1) is 7.24. The highest BCUT2D eigenvalue weighted by Gasteiger charge is 2.02. The Morgan fingerprint density at radius 1 is 1.27 bits per heavy atom. The SMILES string of the molecule is CCNCCNC(=O)c1ccc(Br)cc1. The highest BCUT2D eigenvalue weighted by Crippen LogP contribution is 2.10. The minimum atomic E-state index is -0.0274. The Balaban J connectivity index is 2.37. The third kappa shape index (κ3) is 4.44. The van der Waals surface area contributed by atoms with Gasteiger partial charge in [-0.25, -0.2) is 0 Å². The number of hydrogen-bond acceptors (Lipinski definition) is 2. The molecule has 82 valence electrons. The number of carbonyl (C=O) groups is 1. The van der Waals surface area contributed by atoms with Crippen molar-refractivity contribution in [2.45, 2.75) is 6.92 Å². The van der Waals surface area contributed by atoms with Crippen LogP contribution in [0, 0.1) is 0 Å². The van der Waals surface area contributed by atoms with E-state index < -0.39 is 0 Å². The van der Waals surface area contributed by atoms with Crippen LogP contribution in [0.1, 0.15) is 17.3 Å². The number of amides is 1. The summed E-state index contributed by atoms with van der Waals surface area (Å²) in [5.41, 5.74) is 0.690. The molecule has 2 N–H and O–H groups in total. The molecule has 0 atom stereocenters. The van der Waals surface area contributed by atoms with Crippen LogP contribution in [-0.4, -0.2) is 25.5 Å². The van der Waals surface area contributed by atoms with Crippen molar-refractivity contribution < 1.29 is 4.79 Å². The number of rotatable bonds is 5. The average molecular weight is 271 g/mol. The van der Waals surface area contributed by atoms with Gasteiger partial charge in [0.15, 0.2) is 0 Å². The fourth-order valence-electron chi connectivity index (χ4n) is 1.14. The molecule has 0 aliphatic carbocycles. The summed E-state index contributed by atoms with van der Waals surface area (Å²) in [7, 11) is 0. The molecular weight excluding hydrogens is 256 g/mol. The Labute approximate surface area is 98.4 Å². The molecule has 3 nitrogen and oxygen atoms in total. The second-order valence-corrected chi connectivity index (χ2v) is 4.03. The second-order valence-electron chi connectivity index (χ2n) is 3.12. The first-order valence-electron chi connectivity index (χ1n) is 4.98. The molecule has 1 aromatic rings. The Bertz CT molecular complexity index is 311. The largest absolute Gasteiger partial charge is 0.351 e. The maximum atomic E-state index is 11.6. The van der Waals surface area contributed by atoms with E-state index in [1.54, 1.807) is 12.1 Å². The molecule has 0 spiro atoms. The lowest BCUT2D eigenvalue weighted by Gasteiger charge is -2.05. The van der Waals surface area contributed by atoms with E-state index in [-0.39, 0.29) is 5.91 Å². The topological polar surface area (TPSA) is 41.1 Å². The number of likely N-dealkylation sites (N-methyl/N-ethyl adjacent to an activating group) is 1. The second kappa shape index (κ2) is 6.58. The molecule has 1 aromatic carbocycles. The highest BCUT2D eigenvalue weighted by atomic mass is 79.9. The van der Waals surface area contributed by atoms with Crippen LogP contribution in [0.5, 0.6) is 0 Å². The van der Waals surface area contributed by atoms with E-state index in [2.05, 4.69) is 26.6 Å². The fourth-order valence-corrected chi connectivity index (χ4v) is 1.41. The molecule has 0 bridgehead atoms. The summed E-state index contributed by atoms with van der Waals surface area (Å²) in [6.45, 7) is 4.42. The minimum absolute atomic E-state index is 0.0274. The zero-order chi connectivity index (χ0) is 11.1. The summed E-state index contributed by atoms with van der Waals surface area (Å²) < 4.78 is 0.978. The first-order valence-corrected chi connectivity index (χ1v) is 5.78. The van der Waals surface area contributed by atoms with Crippen molar-refractivity contribution in [3.8, 4) is 0 Å². The third-order valence-corrected chi connectivity index (χ3v) is 2.47. The van der Waals surface area contributed by atoms with Crippen molar-refractivity contribution in [1.29, 1.82) is 0 Å². The maximum absolute atomic E-state index is 11.6. The molecule has 0 saturated heterocycles. The van der Waals surface area contributed by atoms with Gasteiger partial charge in [0.2, 0.25) is 0 Å². The monoisotopic (exact) mass is 270 g/mol. The van der Waals surface area contributed by atoms with E-state index in [4.69, 9.17) is 0 Å². The van der Waals surface area contributed by atoms with Gasteiger partial charge in [-0.15, -0.1) is 0 Å². The molecule has 1 amide bonds. The number of hydrogen-bond donors (Lipinski definition) is 2. The lowest BCUT2D eigenvalue weighted by Crippen LogP contribution is -2.31. The zero-order valence-electron chi connectivity index (χ0n) is 8.72. The molecule has 0 heterocycles. The highest BCUT2D eigenvalue weighted by molar-refractivity contribution is 9.10. The Morgan fingerprint density at radius 2 is 1.93 bits per heavy atom. The number of nitrogens with one attached hydrogen (secondary N) is 2. The van der Waals surface area contributed by atoms with E-state index in [0.29, 0.717) is 12.1 Å². The summed E-state index contributed by atoms with van der Waals surface area (Å²) in [5, 5.41) is 5.98. The van der Waals surface area contributed by atoms with Gasteiger partial charge in [-0.2, -0.15) is 0 Å². The Morgan fingerprint density at radius 3 is 2.53 bits per heavy atom. The summed E-state index contributed by atoms with van der Waals surface area (Å²) in [5.74, 6) is -0.0274. The molecule has 4 heteroatoms. The first kappa shape index (κ1) is 12.2. The van der Waals surface area contributed by atoms with Crippen LogP contribution in [0.3, 0.4) is 0 Å². The van der Waals surface area contributed by atoms with Gasteiger partial charge in [0, 0.05) is 23.1 Å². The zero-order valence-corrected chi connectivity index (χ0v) is 10.3. The lowest BCUT2D eigenvalue weighted by atomic mass is 10.2. The van der Waals surface area contributed by atoms with Crippen LogP contribution in [0.4, 0.5) is 0 Å². The van der Waals surface area contributed by atoms with E-state index >= 15 is 0 Å². The van der Waals surface area contributed by atoms with Crippen molar-refractivity contribution in [2.24, 2.45) is 0 Å². The molecule has 0 aliphatic heterocycles. The van der Waals surface area contributed by atoms with Crippen molar-refractivity contribution in [3.05, 3.63) is 34.3 Å². The number of carbonyl (C=O) groups excluding carboxylic acids is 1. The number of halogens is 1. The van der Waals surface area contributed by atoms with Crippen LogP contribution in [0.25, 0.3) is 0 Å². The van der Waals surface area contributed by atoms with Crippen LogP contribution in [0.15, 0.2) is 28.7 Å².